The maximum Gasteiger partial charge on any atom is 0.174 e. The van der Waals surface area contributed by atoms with Crippen molar-refractivity contribution in [2.24, 2.45) is 5.16 Å². The second-order valence-electron chi connectivity index (χ2n) is 3.96. The first-order chi connectivity index (χ1) is 6.45. The Hall–Kier alpha value is -1.65. The molecule has 1 aromatic rings. The van der Waals surface area contributed by atoms with Gasteiger partial charge in [0.1, 0.15) is 6.21 Å². The molecule has 0 spiro atoms. The third kappa shape index (κ3) is 2.18. The maximum atomic E-state index is 9.51. The van der Waals surface area contributed by atoms with Gasteiger partial charge in [-0.25, -0.2) is 9.97 Å². The van der Waals surface area contributed by atoms with Crippen LogP contribution in [0, 0.1) is 0 Å². The summed E-state index contributed by atoms with van der Waals surface area (Å²) >= 11 is 0. The predicted octanol–water partition coefficient (Wildman–Crippen LogP) is 1.29. The van der Waals surface area contributed by atoms with Crippen molar-refractivity contribution >= 4 is 6.21 Å². The minimum Gasteiger partial charge on any atom is -0.504 e. The summed E-state index contributed by atoms with van der Waals surface area (Å²) in [5, 5.41) is 20.6. The van der Waals surface area contributed by atoms with Gasteiger partial charge in [0.25, 0.3) is 0 Å². The molecule has 0 aliphatic rings. The normalized spacial score (nSPS) is 12.2. The van der Waals surface area contributed by atoms with Crippen molar-refractivity contribution in [3.63, 3.8) is 0 Å². The van der Waals surface area contributed by atoms with Gasteiger partial charge in [-0.1, -0.05) is 25.9 Å². The van der Waals surface area contributed by atoms with Crippen molar-refractivity contribution in [2.45, 2.75) is 26.2 Å². The molecule has 0 aromatic carbocycles. The van der Waals surface area contributed by atoms with E-state index in [4.69, 9.17) is 5.21 Å². The topological polar surface area (TPSA) is 78.6 Å². The standard InChI is InChI=1S/C9H13N3O2/c1-9(2,3)8-6(13)4-10-7(12-8)5-11-14/h4-5,13-14H,1-3H3. The Morgan fingerprint density at radius 3 is 2.57 bits per heavy atom. The summed E-state index contributed by atoms with van der Waals surface area (Å²) in [6, 6.07) is 0. The first-order valence-corrected chi connectivity index (χ1v) is 4.19. The highest BCUT2D eigenvalue weighted by Gasteiger charge is 2.20. The Labute approximate surface area is 82.1 Å². The quantitative estimate of drug-likeness (QED) is 0.402. The fourth-order valence-corrected chi connectivity index (χ4v) is 1.05. The molecule has 0 unspecified atom stereocenters. The highest BCUT2D eigenvalue weighted by Crippen LogP contribution is 2.27. The zero-order valence-electron chi connectivity index (χ0n) is 8.39. The van der Waals surface area contributed by atoms with E-state index in [0.717, 1.165) is 6.21 Å². The van der Waals surface area contributed by atoms with Crippen molar-refractivity contribution in [1.29, 1.82) is 0 Å². The van der Waals surface area contributed by atoms with Crippen LogP contribution >= 0.6 is 0 Å². The Balaban J connectivity index is 3.22. The molecule has 0 amide bonds. The molecule has 14 heavy (non-hydrogen) atoms. The van der Waals surface area contributed by atoms with Crippen molar-refractivity contribution in [1.82, 2.24) is 9.97 Å². The molecule has 5 nitrogen and oxygen atoms in total. The van der Waals surface area contributed by atoms with Gasteiger partial charge in [0.2, 0.25) is 0 Å². The average molecular weight is 195 g/mol. The number of hydrogen-bond donors (Lipinski definition) is 2. The van der Waals surface area contributed by atoms with Crippen molar-refractivity contribution < 1.29 is 10.3 Å². The zero-order chi connectivity index (χ0) is 10.8. The number of rotatable bonds is 1. The van der Waals surface area contributed by atoms with Crippen LogP contribution in [0.4, 0.5) is 0 Å². The van der Waals surface area contributed by atoms with Crippen LogP contribution in [0.5, 0.6) is 5.75 Å². The maximum absolute atomic E-state index is 9.51. The fraction of sp³-hybridized carbons (Fsp3) is 0.444. The van der Waals surface area contributed by atoms with E-state index in [1.54, 1.807) is 0 Å². The predicted molar refractivity (Wildman–Crippen MR) is 51.8 cm³/mol. The summed E-state index contributed by atoms with van der Waals surface area (Å²) in [6.45, 7) is 5.78. The molecule has 0 atom stereocenters. The number of hydrogen-bond acceptors (Lipinski definition) is 5. The van der Waals surface area contributed by atoms with Gasteiger partial charge in [-0.05, 0) is 0 Å². The molecular weight excluding hydrogens is 182 g/mol. The Kier molecular flexibility index (Phi) is 2.69. The van der Waals surface area contributed by atoms with Gasteiger partial charge >= 0.3 is 0 Å². The minimum absolute atomic E-state index is 0.0487. The van der Waals surface area contributed by atoms with Gasteiger partial charge in [0.05, 0.1) is 11.9 Å². The van der Waals surface area contributed by atoms with Gasteiger partial charge in [-0.15, -0.1) is 0 Å². The third-order valence-corrected chi connectivity index (χ3v) is 1.67. The average Bonchev–Trinajstić information content (AvgIpc) is 2.07. The van der Waals surface area contributed by atoms with Gasteiger partial charge in [0.15, 0.2) is 11.6 Å². The highest BCUT2D eigenvalue weighted by atomic mass is 16.4. The van der Waals surface area contributed by atoms with E-state index in [9.17, 15) is 5.11 Å². The van der Waals surface area contributed by atoms with E-state index < -0.39 is 0 Å². The monoisotopic (exact) mass is 195 g/mol. The molecule has 0 bridgehead atoms. The zero-order valence-corrected chi connectivity index (χ0v) is 8.39. The van der Waals surface area contributed by atoms with Crippen molar-refractivity contribution in [3.05, 3.63) is 17.7 Å². The van der Waals surface area contributed by atoms with Crippen molar-refractivity contribution in [3.8, 4) is 5.75 Å². The summed E-state index contributed by atoms with van der Waals surface area (Å²) in [4.78, 5) is 7.83. The number of oxime groups is 1. The van der Waals surface area contributed by atoms with E-state index in [0.29, 0.717) is 5.69 Å². The van der Waals surface area contributed by atoms with Crippen molar-refractivity contribution in [2.75, 3.05) is 0 Å². The molecule has 1 rings (SSSR count). The third-order valence-electron chi connectivity index (χ3n) is 1.67. The van der Waals surface area contributed by atoms with E-state index in [1.807, 2.05) is 20.8 Å². The molecular formula is C9H13N3O2. The summed E-state index contributed by atoms with van der Waals surface area (Å²) in [7, 11) is 0. The molecule has 76 valence electrons. The summed E-state index contributed by atoms with van der Waals surface area (Å²) < 4.78 is 0. The van der Waals surface area contributed by atoms with Crippen LogP contribution in [0.3, 0.4) is 0 Å². The summed E-state index contributed by atoms with van der Waals surface area (Å²) in [5.74, 6) is 0.322. The van der Waals surface area contributed by atoms with Crippen LogP contribution in [0.25, 0.3) is 0 Å². The van der Waals surface area contributed by atoms with Crippen LogP contribution in [0.2, 0.25) is 0 Å². The molecule has 2 N–H and O–H groups in total. The molecule has 1 aromatic heterocycles. The van der Waals surface area contributed by atoms with Gasteiger partial charge in [0, 0.05) is 5.41 Å². The van der Waals surface area contributed by atoms with Gasteiger partial charge in [-0.3, -0.25) is 0 Å². The Morgan fingerprint density at radius 1 is 1.43 bits per heavy atom. The molecule has 5 heteroatoms. The smallest absolute Gasteiger partial charge is 0.174 e. The van der Waals surface area contributed by atoms with E-state index in [-0.39, 0.29) is 17.0 Å². The Morgan fingerprint density at radius 2 is 2.07 bits per heavy atom. The lowest BCUT2D eigenvalue weighted by molar-refractivity contribution is 0.321. The molecule has 0 fully saturated rings. The van der Waals surface area contributed by atoms with Crippen LogP contribution in [-0.4, -0.2) is 26.5 Å². The lowest BCUT2D eigenvalue weighted by atomic mass is 9.91. The molecule has 1 heterocycles. The van der Waals surface area contributed by atoms with E-state index in [2.05, 4.69) is 15.1 Å². The fourth-order valence-electron chi connectivity index (χ4n) is 1.05. The highest BCUT2D eigenvalue weighted by molar-refractivity contribution is 5.73. The molecule has 0 saturated carbocycles. The second kappa shape index (κ2) is 3.61. The molecule has 0 aliphatic carbocycles. The number of nitrogens with zero attached hydrogens (tertiary/aromatic N) is 3. The van der Waals surface area contributed by atoms with Crippen LogP contribution in [0.1, 0.15) is 32.3 Å². The Bertz CT molecular complexity index is 356. The molecule has 0 radical (unpaired) electrons. The largest absolute Gasteiger partial charge is 0.504 e. The summed E-state index contributed by atoms with van der Waals surface area (Å²) in [6.07, 6.45) is 2.42. The first-order valence-electron chi connectivity index (χ1n) is 4.19. The number of aromatic nitrogens is 2. The minimum atomic E-state index is -0.273. The van der Waals surface area contributed by atoms with E-state index in [1.165, 1.54) is 6.20 Å². The SMILES string of the molecule is CC(C)(C)c1nc(C=NO)ncc1O. The van der Waals surface area contributed by atoms with Gasteiger partial charge < -0.3 is 10.3 Å². The molecule has 0 aliphatic heterocycles. The van der Waals surface area contributed by atoms with Gasteiger partial charge in [-0.2, -0.15) is 0 Å². The van der Waals surface area contributed by atoms with Crippen LogP contribution in [0.15, 0.2) is 11.4 Å². The van der Waals surface area contributed by atoms with E-state index >= 15 is 0 Å². The second-order valence-corrected chi connectivity index (χ2v) is 3.96. The first kappa shape index (κ1) is 10.4. The molecule has 0 saturated heterocycles. The van der Waals surface area contributed by atoms with Crippen LogP contribution in [-0.2, 0) is 5.41 Å². The van der Waals surface area contributed by atoms with Crippen LogP contribution < -0.4 is 0 Å². The lowest BCUT2D eigenvalue weighted by Gasteiger charge is -2.18. The number of aromatic hydroxyl groups is 1. The lowest BCUT2D eigenvalue weighted by Crippen LogP contribution is -2.15. The summed E-state index contributed by atoms with van der Waals surface area (Å²) in [5.41, 5.74) is 0.257.